The van der Waals surface area contributed by atoms with E-state index in [-0.39, 0.29) is 0 Å². The Kier molecular flexibility index (Phi) is 14.8. The molecule has 0 aliphatic rings. The number of aryl methyl sites for hydroxylation is 4. The van der Waals surface area contributed by atoms with Gasteiger partial charge in [-0.25, -0.2) is 0 Å². The summed E-state index contributed by atoms with van der Waals surface area (Å²) >= 11 is 0. The Morgan fingerprint density at radius 1 is 0.167 bits per heavy atom. The summed E-state index contributed by atoms with van der Waals surface area (Å²) in [5.41, 5.74) is 21.0. The summed E-state index contributed by atoms with van der Waals surface area (Å²) < 4.78 is 0. The Morgan fingerprint density at radius 3 is 0.548 bits per heavy atom. The van der Waals surface area contributed by atoms with E-state index in [2.05, 4.69) is 353 Å². The second-order valence-corrected chi connectivity index (χ2v) is 22.3. The molecule has 84 heavy (non-hydrogen) atoms. The molecular formula is C82H64N2. The lowest BCUT2D eigenvalue weighted by Gasteiger charge is -2.26. The molecule has 2 nitrogen and oxygen atoms in total. The second kappa shape index (κ2) is 23.5. The quantitative estimate of drug-likeness (QED) is 0.0791. The number of rotatable bonds is 14. The third-order valence-electron chi connectivity index (χ3n) is 16.0. The van der Waals surface area contributed by atoms with Crippen molar-refractivity contribution in [2.24, 2.45) is 0 Å². The van der Waals surface area contributed by atoms with Gasteiger partial charge >= 0.3 is 0 Å². The van der Waals surface area contributed by atoms with Gasteiger partial charge in [0.2, 0.25) is 0 Å². The molecule has 0 fully saturated rings. The fourth-order valence-corrected chi connectivity index (χ4v) is 11.1. The van der Waals surface area contributed by atoms with E-state index >= 15 is 0 Å². The van der Waals surface area contributed by atoms with E-state index in [0.29, 0.717) is 0 Å². The van der Waals surface area contributed by atoms with Gasteiger partial charge in [-0.3, -0.25) is 0 Å². The van der Waals surface area contributed by atoms with Gasteiger partial charge in [0.1, 0.15) is 0 Å². The van der Waals surface area contributed by atoms with Crippen LogP contribution in [-0.2, 0) is 0 Å². The van der Waals surface area contributed by atoms with Crippen molar-refractivity contribution >= 4 is 126 Å². The van der Waals surface area contributed by atoms with E-state index in [9.17, 15) is 0 Å². The number of anilines is 6. The Hall–Kier alpha value is -10.5. The van der Waals surface area contributed by atoms with Crippen LogP contribution in [0, 0.1) is 27.7 Å². The lowest BCUT2D eigenvalue weighted by Crippen LogP contribution is -2.10. The molecule has 0 unspecified atom stereocenters. The Labute approximate surface area is 494 Å². The van der Waals surface area contributed by atoms with Crippen LogP contribution < -0.4 is 9.80 Å². The molecule has 0 N–H and O–H groups in total. The van der Waals surface area contributed by atoms with Gasteiger partial charge in [0, 0.05) is 34.1 Å². The summed E-state index contributed by atoms with van der Waals surface area (Å²) in [6.45, 7) is 8.49. The van der Waals surface area contributed by atoms with Crippen LogP contribution in [0.4, 0.5) is 34.1 Å². The largest absolute Gasteiger partial charge is 0.310 e. The third-order valence-corrected chi connectivity index (χ3v) is 16.0. The van der Waals surface area contributed by atoms with Gasteiger partial charge in [-0.2, -0.15) is 0 Å². The molecule has 0 radical (unpaired) electrons. The molecule has 0 saturated heterocycles. The fraction of sp³-hybridized carbons (Fsp3) is 0.0488. The molecule has 0 aliphatic heterocycles. The Balaban J connectivity index is 0.824. The predicted molar refractivity (Wildman–Crippen MR) is 366 cm³/mol. The van der Waals surface area contributed by atoms with Crippen LogP contribution in [0.2, 0.25) is 0 Å². The molecule has 0 bridgehead atoms. The SMILES string of the molecule is Cc1ccc(/C=C/c2ccc(N(c3ccc(/C=C/c4ccc(C)cc4)cc3)c3ccc4cc5cc6cc7cc(N(c8ccc(/C=C/c9ccc(C)cc9)cc8)c8ccc(/C=C/c9ccc(C)cc9)cc8)ccc7cc6cc5cc4c3)cc2)cc1. The molecule has 0 saturated carbocycles. The van der Waals surface area contributed by atoms with Gasteiger partial charge < -0.3 is 9.80 Å². The first-order valence-electron chi connectivity index (χ1n) is 29.0. The maximum absolute atomic E-state index is 2.37. The average Bonchev–Trinajstić information content (AvgIpc) is 2.13. The van der Waals surface area contributed by atoms with Gasteiger partial charge in [-0.05, 0) is 224 Å². The number of hydrogen-bond acceptors (Lipinski definition) is 2. The van der Waals surface area contributed by atoms with E-state index in [4.69, 9.17) is 0 Å². The van der Waals surface area contributed by atoms with Crippen molar-refractivity contribution in [1.82, 2.24) is 0 Å². The van der Waals surface area contributed by atoms with E-state index in [1.165, 1.54) is 87.6 Å². The molecule has 0 spiro atoms. The van der Waals surface area contributed by atoms with Crippen LogP contribution >= 0.6 is 0 Å². The molecule has 0 aromatic heterocycles. The zero-order valence-corrected chi connectivity index (χ0v) is 47.9. The molecule has 0 atom stereocenters. The van der Waals surface area contributed by atoms with Crippen LogP contribution in [-0.4, -0.2) is 0 Å². The number of hydrogen-bond donors (Lipinski definition) is 0. The number of nitrogens with zero attached hydrogens (tertiary/aromatic N) is 2. The van der Waals surface area contributed by atoms with E-state index in [0.717, 1.165) is 56.4 Å². The summed E-state index contributed by atoms with van der Waals surface area (Å²) in [7, 11) is 0. The van der Waals surface area contributed by atoms with Gasteiger partial charge in [-0.1, -0.05) is 229 Å². The Bertz CT molecular complexity index is 4100. The van der Waals surface area contributed by atoms with Crippen molar-refractivity contribution in [3.05, 3.63) is 334 Å². The highest BCUT2D eigenvalue weighted by atomic mass is 15.1. The van der Waals surface area contributed by atoms with Crippen molar-refractivity contribution in [1.29, 1.82) is 0 Å². The molecule has 13 aromatic rings. The molecule has 0 aliphatic carbocycles. The molecule has 402 valence electrons. The van der Waals surface area contributed by atoms with Gasteiger partial charge in [0.15, 0.2) is 0 Å². The summed E-state index contributed by atoms with van der Waals surface area (Å²) in [5, 5.41) is 9.64. The zero-order chi connectivity index (χ0) is 56.9. The van der Waals surface area contributed by atoms with E-state index in [1.807, 2.05) is 0 Å². The Morgan fingerprint density at radius 2 is 0.333 bits per heavy atom. The van der Waals surface area contributed by atoms with E-state index in [1.54, 1.807) is 0 Å². The minimum absolute atomic E-state index is 1.09. The number of benzene rings is 13. The van der Waals surface area contributed by atoms with Crippen molar-refractivity contribution in [2.45, 2.75) is 27.7 Å². The summed E-state index contributed by atoms with van der Waals surface area (Å²) in [6.07, 6.45) is 17.5. The lowest BCUT2D eigenvalue weighted by molar-refractivity contribution is 1.29. The minimum atomic E-state index is 1.09. The van der Waals surface area contributed by atoms with Crippen LogP contribution in [0.15, 0.2) is 267 Å². The molecular weight excluding hydrogens is 1010 g/mol. The van der Waals surface area contributed by atoms with Crippen molar-refractivity contribution < 1.29 is 0 Å². The first kappa shape index (κ1) is 52.8. The summed E-state index contributed by atoms with van der Waals surface area (Å²) in [6, 6.07) is 98.0. The van der Waals surface area contributed by atoms with Gasteiger partial charge in [-0.15, -0.1) is 0 Å². The van der Waals surface area contributed by atoms with Crippen molar-refractivity contribution in [3.63, 3.8) is 0 Å². The average molecular weight is 1080 g/mol. The standard InChI is InChI=1S/C82H64N2/c1-57-5-13-61(14-6-57)21-25-65-29-39-77(40-30-65)83(78-41-31-66(32-42-78)26-22-62-15-7-58(2)8-16-62)81-47-37-69-49-71-52-74-54-76-56-82(48-38-70(76)50-72(74)51-73(71)53-75(69)55-81)84(79-43-33-67(34-44-79)27-23-63-17-9-59(3)10-18-63)80-45-35-68(36-46-80)28-24-64-19-11-60(4)12-20-64/h5-56H,1-4H3/b25-21+,26-22+,27-23+,28-24+. The smallest absolute Gasteiger partial charge is 0.0468 e. The fourth-order valence-electron chi connectivity index (χ4n) is 11.1. The minimum Gasteiger partial charge on any atom is -0.310 e. The maximum Gasteiger partial charge on any atom is 0.0468 e. The van der Waals surface area contributed by atoms with Crippen molar-refractivity contribution in [3.8, 4) is 0 Å². The van der Waals surface area contributed by atoms with Gasteiger partial charge in [0.05, 0.1) is 0 Å². The van der Waals surface area contributed by atoms with Crippen molar-refractivity contribution in [2.75, 3.05) is 9.80 Å². The molecule has 13 rings (SSSR count). The molecule has 0 amide bonds. The first-order valence-corrected chi connectivity index (χ1v) is 29.0. The molecule has 0 heterocycles. The molecule has 2 heteroatoms. The maximum atomic E-state index is 2.37. The number of fused-ring (bicyclic) bond motifs is 4. The highest BCUT2D eigenvalue weighted by molar-refractivity contribution is 6.09. The zero-order valence-electron chi connectivity index (χ0n) is 47.9. The lowest BCUT2D eigenvalue weighted by atomic mass is 9.97. The van der Waals surface area contributed by atoms with Gasteiger partial charge in [0.25, 0.3) is 0 Å². The van der Waals surface area contributed by atoms with Crippen LogP contribution in [0.1, 0.15) is 66.8 Å². The molecule has 13 aromatic carbocycles. The van der Waals surface area contributed by atoms with Crippen LogP contribution in [0.3, 0.4) is 0 Å². The second-order valence-electron chi connectivity index (χ2n) is 22.3. The van der Waals surface area contributed by atoms with Crippen LogP contribution in [0.5, 0.6) is 0 Å². The monoisotopic (exact) mass is 1080 g/mol. The van der Waals surface area contributed by atoms with E-state index < -0.39 is 0 Å². The normalized spacial score (nSPS) is 11.9. The summed E-state index contributed by atoms with van der Waals surface area (Å²) in [4.78, 5) is 4.74. The van der Waals surface area contributed by atoms with Crippen LogP contribution in [0.25, 0.3) is 91.7 Å². The first-order chi connectivity index (χ1) is 41.1. The third kappa shape index (κ3) is 12.1. The highest BCUT2D eigenvalue weighted by Crippen LogP contribution is 2.41. The predicted octanol–water partition coefficient (Wildman–Crippen LogP) is 23.2. The highest BCUT2D eigenvalue weighted by Gasteiger charge is 2.16. The summed E-state index contributed by atoms with van der Waals surface area (Å²) in [5.74, 6) is 0. The topological polar surface area (TPSA) is 6.48 Å².